The van der Waals surface area contributed by atoms with Crippen LogP contribution in [0.25, 0.3) is 0 Å². The molecule has 2 aromatic rings. The molecular weight excluding hydrogens is 236 g/mol. The van der Waals surface area contributed by atoms with Gasteiger partial charge in [0.05, 0.1) is 17.2 Å². The summed E-state index contributed by atoms with van der Waals surface area (Å²) < 4.78 is 0. The standard InChI is InChI=1S/C11H12N4OS/c1-8-14-9(7-17-8)6-13-11(16)15-10-4-2-3-5-12-10/h2-5,7H,6H2,1H3,(H2,12,13,15,16). The van der Waals surface area contributed by atoms with Gasteiger partial charge in [0.15, 0.2) is 0 Å². The minimum absolute atomic E-state index is 0.283. The lowest BCUT2D eigenvalue weighted by Crippen LogP contribution is -2.28. The fourth-order valence-electron chi connectivity index (χ4n) is 1.26. The highest BCUT2D eigenvalue weighted by Crippen LogP contribution is 2.07. The number of urea groups is 1. The number of aromatic nitrogens is 2. The second-order valence-corrected chi connectivity index (χ2v) is 4.44. The van der Waals surface area contributed by atoms with Gasteiger partial charge in [0.2, 0.25) is 0 Å². The van der Waals surface area contributed by atoms with Crippen molar-refractivity contribution in [2.75, 3.05) is 5.32 Å². The van der Waals surface area contributed by atoms with Gasteiger partial charge in [-0.2, -0.15) is 0 Å². The first-order chi connectivity index (χ1) is 8.24. The quantitative estimate of drug-likeness (QED) is 0.874. The highest BCUT2D eigenvalue weighted by molar-refractivity contribution is 7.09. The van der Waals surface area contributed by atoms with Crippen LogP contribution in [0.3, 0.4) is 0 Å². The smallest absolute Gasteiger partial charge is 0.320 e. The lowest BCUT2D eigenvalue weighted by Gasteiger charge is -2.04. The summed E-state index contributed by atoms with van der Waals surface area (Å²) in [6.07, 6.45) is 1.62. The molecule has 0 aromatic carbocycles. The molecule has 0 unspecified atom stereocenters. The summed E-state index contributed by atoms with van der Waals surface area (Å²) in [4.78, 5) is 19.7. The summed E-state index contributed by atoms with van der Waals surface area (Å²) in [6.45, 7) is 2.35. The maximum absolute atomic E-state index is 11.5. The minimum Gasteiger partial charge on any atom is -0.332 e. The number of amides is 2. The van der Waals surface area contributed by atoms with E-state index < -0.39 is 0 Å². The number of aryl methyl sites for hydroxylation is 1. The van der Waals surface area contributed by atoms with Crippen molar-refractivity contribution in [1.29, 1.82) is 0 Å². The molecule has 2 amide bonds. The topological polar surface area (TPSA) is 66.9 Å². The van der Waals surface area contributed by atoms with Crippen molar-refractivity contribution in [2.24, 2.45) is 0 Å². The first-order valence-electron chi connectivity index (χ1n) is 5.11. The second kappa shape index (κ2) is 5.40. The van der Waals surface area contributed by atoms with Gasteiger partial charge in [0.1, 0.15) is 5.82 Å². The van der Waals surface area contributed by atoms with Gasteiger partial charge in [-0.25, -0.2) is 14.8 Å². The molecule has 0 aliphatic rings. The third-order valence-corrected chi connectivity index (χ3v) is 2.83. The summed E-state index contributed by atoms with van der Waals surface area (Å²) in [5.41, 5.74) is 0.865. The van der Waals surface area contributed by atoms with Crippen molar-refractivity contribution in [3.63, 3.8) is 0 Å². The Bertz CT molecular complexity index is 497. The van der Waals surface area contributed by atoms with E-state index in [-0.39, 0.29) is 6.03 Å². The monoisotopic (exact) mass is 248 g/mol. The maximum atomic E-state index is 11.5. The van der Waals surface area contributed by atoms with Crippen LogP contribution in [-0.2, 0) is 6.54 Å². The van der Waals surface area contributed by atoms with Gasteiger partial charge in [-0.05, 0) is 19.1 Å². The van der Waals surface area contributed by atoms with E-state index in [0.717, 1.165) is 10.7 Å². The van der Waals surface area contributed by atoms with Crippen LogP contribution >= 0.6 is 11.3 Å². The molecular formula is C11H12N4OS. The lowest BCUT2D eigenvalue weighted by molar-refractivity contribution is 0.251. The zero-order valence-corrected chi connectivity index (χ0v) is 10.1. The fraction of sp³-hybridized carbons (Fsp3) is 0.182. The first-order valence-corrected chi connectivity index (χ1v) is 5.99. The average Bonchev–Trinajstić information content (AvgIpc) is 2.74. The molecule has 2 rings (SSSR count). The molecule has 6 heteroatoms. The van der Waals surface area contributed by atoms with E-state index in [4.69, 9.17) is 0 Å². The van der Waals surface area contributed by atoms with E-state index >= 15 is 0 Å². The largest absolute Gasteiger partial charge is 0.332 e. The summed E-state index contributed by atoms with van der Waals surface area (Å²) >= 11 is 1.56. The first kappa shape index (κ1) is 11.5. The Labute approximate surface area is 103 Å². The van der Waals surface area contributed by atoms with Crippen LogP contribution in [0.4, 0.5) is 10.6 Å². The SMILES string of the molecule is Cc1nc(CNC(=O)Nc2ccccn2)cs1. The number of nitrogens with zero attached hydrogens (tertiary/aromatic N) is 2. The van der Waals surface area contributed by atoms with Crippen molar-refractivity contribution in [2.45, 2.75) is 13.5 Å². The summed E-state index contributed by atoms with van der Waals surface area (Å²) in [6, 6.07) is 5.05. The average molecular weight is 248 g/mol. The molecule has 0 aliphatic heterocycles. The van der Waals surface area contributed by atoms with Crippen molar-refractivity contribution < 1.29 is 4.79 Å². The van der Waals surface area contributed by atoms with E-state index in [1.54, 1.807) is 29.7 Å². The maximum Gasteiger partial charge on any atom is 0.320 e. The third kappa shape index (κ3) is 3.53. The Balaban J connectivity index is 1.82. The molecule has 0 bridgehead atoms. The number of carbonyl (C=O) groups is 1. The van der Waals surface area contributed by atoms with E-state index in [1.165, 1.54) is 0 Å². The number of hydrogen-bond acceptors (Lipinski definition) is 4. The summed E-state index contributed by atoms with van der Waals surface area (Å²) in [5, 5.41) is 8.27. The van der Waals surface area contributed by atoms with Gasteiger partial charge in [-0.15, -0.1) is 11.3 Å². The molecule has 2 heterocycles. The van der Waals surface area contributed by atoms with Gasteiger partial charge in [-0.3, -0.25) is 5.32 Å². The normalized spacial score (nSPS) is 9.94. The Kier molecular flexibility index (Phi) is 3.66. The van der Waals surface area contributed by atoms with Crippen LogP contribution in [-0.4, -0.2) is 16.0 Å². The number of hydrogen-bond donors (Lipinski definition) is 2. The number of pyridine rings is 1. The van der Waals surface area contributed by atoms with E-state index in [0.29, 0.717) is 12.4 Å². The minimum atomic E-state index is -0.283. The number of thiazole rings is 1. The molecule has 5 nitrogen and oxygen atoms in total. The van der Waals surface area contributed by atoms with Gasteiger partial charge in [-0.1, -0.05) is 6.07 Å². The molecule has 0 saturated heterocycles. The van der Waals surface area contributed by atoms with Crippen LogP contribution in [0.15, 0.2) is 29.8 Å². The third-order valence-electron chi connectivity index (χ3n) is 2.00. The fourth-order valence-corrected chi connectivity index (χ4v) is 1.87. The molecule has 0 fully saturated rings. The van der Waals surface area contributed by atoms with Crippen LogP contribution in [0.1, 0.15) is 10.7 Å². The summed E-state index contributed by atoms with van der Waals surface area (Å²) in [5.74, 6) is 0.527. The van der Waals surface area contributed by atoms with Crippen molar-refractivity contribution in [3.05, 3.63) is 40.5 Å². The molecule has 0 atom stereocenters. The van der Waals surface area contributed by atoms with Crippen molar-refractivity contribution >= 4 is 23.2 Å². The van der Waals surface area contributed by atoms with Gasteiger partial charge >= 0.3 is 6.03 Å². The number of carbonyl (C=O) groups excluding carboxylic acids is 1. The lowest BCUT2D eigenvalue weighted by atomic mass is 10.4. The Hall–Kier alpha value is -1.95. The Morgan fingerprint density at radius 3 is 3.00 bits per heavy atom. The van der Waals surface area contributed by atoms with Crippen LogP contribution in [0, 0.1) is 6.92 Å². The van der Waals surface area contributed by atoms with Gasteiger partial charge < -0.3 is 5.32 Å². The summed E-state index contributed by atoms with van der Waals surface area (Å²) in [7, 11) is 0. The second-order valence-electron chi connectivity index (χ2n) is 3.38. The zero-order valence-electron chi connectivity index (χ0n) is 9.30. The molecule has 88 valence electrons. The predicted octanol–water partition coefficient (Wildman–Crippen LogP) is 2.17. The van der Waals surface area contributed by atoms with Gasteiger partial charge in [0.25, 0.3) is 0 Å². The number of rotatable bonds is 3. The predicted molar refractivity (Wildman–Crippen MR) is 66.9 cm³/mol. The zero-order chi connectivity index (χ0) is 12.1. The van der Waals surface area contributed by atoms with E-state index in [2.05, 4.69) is 20.6 Å². The Morgan fingerprint density at radius 1 is 1.47 bits per heavy atom. The van der Waals surface area contributed by atoms with E-state index in [1.807, 2.05) is 18.4 Å². The Morgan fingerprint density at radius 2 is 2.35 bits per heavy atom. The molecule has 2 N–H and O–H groups in total. The number of anilines is 1. The van der Waals surface area contributed by atoms with E-state index in [9.17, 15) is 4.79 Å². The van der Waals surface area contributed by atoms with Crippen LogP contribution in [0.5, 0.6) is 0 Å². The van der Waals surface area contributed by atoms with Crippen molar-refractivity contribution in [3.8, 4) is 0 Å². The molecule has 0 saturated carbocycles. The molecule has 17 heavy (non-hydrogen) atoms. The highest BCUT2D eigenvalue weighted by atomic mass is 32.1. The molecule has 2 aromatic heterocycles. The molecule has 0 spiro atoms. The number of nitrogens with one attached hydrogen (secondary N) is 2. The van der Waals surface area contributed by atoms with Crippen LogP contribution in [0.2, 0.25) is 0 Å². The molecule has 0 radical (unpaired) electrons. The highest BCUT2D eigenvalue weighted by Gasteiger charge is 2.03. The van der Waals surface area contributed by atoms with Crippen LogP contribution < -0.4 is 10.6 Å². The van der Waals surface area contributed by atoms with Crippen molar-refractivity contribution in [1.82, 2.24) is 15.3 Å². The van der Waals surface area contributed by atoms with Gasteiger partial charge in [0, 0.05) is 11.6 Å². The molecule has 0 aliphatic carbocycles.